The molecule has 170 valence electrons. The van der Waals surface area contributed by atoms with Gasteiger partial charge in [0.15, 0.2) is 11.0 Å². The second-order valence-corrected chi connectivity index (χ2v) is 8.96. The molecule has 1 N–H and O–H groups in total. The van der Waals surface area contributed by atoms with Gasteiger partial charge in [-0.25, -0.2) is 19.9 Å². The molecule has 0 radical (unpaired) electrons. The first-order chi connectivity index (χ1) is 16.1. The third kappa shape index (κ3) is 5.58. The molecule has 1 aromatic carbocycles. The zero-order valence-electron chi connectivity index (χ0n) is 18.2. The van der Waals surface area contributed by atoms with E-state index in [4.69, 9.17) is 37.9 Å². The molecule has 0 atom stereocenters. The number of anilines is 1. The molecule has 3 aromatic heterocycles. The topological polar surface area (TPSA) is 85.7 Å². The van der Waals surface area contributed by atoms with Gasteiger partial charge in [-0.1, -0.05) is 48.4 Å². The fraction of sp³-hybridized carbons (Fsp3) is 0.261. The summed E-state index contributed by atoms with van der Waals surface area (Å²) in [4.78, 5) is 23.3. The lowest BCUT2D eigenvalue weighted by Gasteiger charge is -2.12. The van der Waals surface area contributed by atoms with Gasteiger partial charge in [0.05, 0.1) is 39.1 Å². The lowest BCUT2D eigenvalue weighted by atomic mass is 10.1. The molecule has 0 amide bonds. The van der Waals surface area contributed by atoms with E-state index in [1.54, 1.807) is 36.9 Å². The number of nitrogens with zero attached hydrogens (tertiary/aromatic N) is 5. The standard InChI is InChI=1S/C23H22Cl2N6OS/c1-3-5-28-23-29-13-20(33-23)17-11-18(31-22(30-17)19-12-26-6-7-27-19)21-15(24)9-14(10-16(21)25)32-8-4-2/h6-7,9-13H,3-5,8H2,1-2H3,(H,28,29). The number of rotatable bonds is 9. The van der Waals surface area contributed by atoms with Gasteiger partial charge in [-0.3, -0.25) is 4.98 Å². The average molecular weight is 501 g/mol. The van der Waals surface area contributed by atoms with E-state index < -0.39 is 0 Å². The molecule has 0 aliphatic rings. The second kappa shape index (κ2) is 10.9. The summed E-state index contributed by atoms with van der Waals surface area (Å²) < 4.78 is 5.70. The van der Waals surface area contributed by atoms with Crippen LogP contribution in [-0.2, 0) is 0 Å². The van der Waals surface area contributed by atoms with Gasteiger partial charge in [-0.2, -0.15) is 0 Å². The maximum absolute atomic E-state index is 6.63. The van der Waals surface area contributed by atoms with Crippen LogP contribution in [0.4, 0.5) is 5.13 Å². The summed E-state index contributed by atoms with van der Waals surface area (Å²) in [7, 11) is 0. The zero-order chi connectivity index (χ0) is 23.2. The van der Waals surface area contributed by atoms with Crippen LogP contribution >= 0.6 is 34.5 Å². The first kappa shape index (κ1) is 23.4. The smallest absolute Gasteiger partial charge is 0.183 e. The highest BCUT2D eigenvalue weighted by molar-refractivity contribution is 7.18. The minimum absolute atomic E-state index is 0.422. The van der Waals surface area contributed by atoms with Crippen molar-refractivity contribution in [2.75, 3.05) is 18.5 Å². The summed E-state index contributed by atoms with van der Waals surface area (Å²) in [5.41, 5.74) is 2.42. The van der Waals surface area contributed by atoms with Crippen molar-refractivity contribution < 1.29 is 4.74 Å². The number of hydrogen-bond donors (Lipinski definition) is 1. The maximum Gasteiger partial charge on any atom is 0.183 e. The third-order valence-electron chi connectivity index (χ3n) is 4.55. The largest absolute Gasteiger partial charge is 0.494 e. The van der Waals surface area contributed by atoms with E-state index >= 15 is 0 Å². The van der Waals surface area contributed by atoms with Crippen LogP contribution in [0.3, 0.4) is 0 Å². The maximum atomic E-state index is 6.63. The lowest BCUT2D eigenvalue weighted by Crippen LogP contribution is -1.99. The Hall–Kier alpha value is -2.81. The second-order valence-electron chi connectivity index (χ2n) is 7.12. The molecule has 0 bridgehead atoms. The first-order valence-electron chi connectivity index (χ1n) is 10.6. The van der Waals surface area contributed by atoms with Crippen molar-refractivity contribution >= 4 is 39.7 Å². The molecule has 7 nitrogen and oxygen atoms in total. The molecule has 0 aliphatic carbocycles. The van der Waals surface area contributed by atoms with Crippen LogP contribution in [0, 0.1) is 0 Å². The Morgan fingerprint density at radius 3 is 2.39 bits per heavy atom. The Kier molecular flexibility index (Phi) is 7.69. The number of halogens is 2. The van der Waals surface area contributed by atoms with Crippen molar-refractivity contribution in [2.45, 2.75) is 26.7 Å². The summed E-state index contributed by atoms with van der Waals surface area (Å²) in [5.74, 6) is 1.04. The highest BCUT2D eigenvalue weighted by Gasteiger charge is 2.18. The van der Waals surface area contributed by atoms with Crippen molar-refractivity contribution in [3.05, 3.63) is 53.0 Å². The van der Waals surface area contributed by atoms with Gasteiger partial charge in [0.2, 0.25) is 0 Å². The van der Waals surface area contributed by atoms with Gasteiger partial charge in [0.25, 0.3) is 0 Å². The Balaban J connectivity index is 1.81. The number of aromatic nitrogens is 5. The number of hydrogen-bond acceptors (Lipinski definition) is 8. The summed E-state index contributed by atoms with van der Waals surface area (Å²) >= 11 is 14.8. The van der Waals surface area contributed by atoms with Gasteiger partial charge in [0.1, 0.15) is 11.4 Å². The van der Waals surface area contributed by atoms with Crippen molar-refractivity contribution in [3.63, 3.8) is 0 Å². The SMILES string of the molecule is CCCNc1ncc(-c2cc(-c3c(Cl)cc(OCCC)cc3Cl)nc(-c3cnccn3)n2)s1. The van der Waals surface area contributed by atoms with E-state index in [9.17, 15) is 0 Å². The van der Waals surface area contributed by atoms with Gasteiger partial charge in [0, 0.05) is 30.7 Å². The fourth-order valence-corrected chi connectivity index (χ4v) is 4.50. The fourth-order valence-electron chi connectivity index (χ4n) is 3.03. The molecule has 33 heavy (non-hydrogen) atoms. The lowest BCUT2D eigenvalue weighted by molar-refractivity contribution is 0.317. The van der Waals surface area contributed by atoms with Gasteiger partial charge in [-0.15, -0.1) is 0 Å². The zero-order valence-corrected chi connectivity index (χ0v) is 20.5. The van der Waals surface area contributed by atoms with Gasteiger partial charge >= 0.3 is 0 Å². The molecule has 0 aliphatic heterocycles. The molecule has 0 unspecified atom stereocenters. The summed E-state index contributed by atoms with van der Waals surface area (Å²) in [6, 6.07) is 5.36. The minimum Gasteiger partial charge on any atom is -0.494 e. The molecule has 3 heterocycles. The van der Waals surface area contributed by atoms with E-state index in [2.05, 4.69) is 27.2 Å². The Morgan fingerprint density at radius 1 is 0.909 bits per heavy atom. The van der Waals surface area contributed by atoms with Crippen LogP contribution in [0.2, 0.25) is 10.0 Å². The quantitative estimate of drug-likeness (QED) is 0.275. The molecular formula is C23H22Cl2N6OS. The predicted molar refractivity (Wildman–Crippen MR) is 134 cm³/mol. The summed E-state index contributed by atoms with van der Waals surface area (Å²) in [5, 5.41) is 5.02. The molecular weight excluding hydrogens is 479 g/mol. The van der Waals surface area contributed by atoms with Crippen LogP contribution in [-0.4, -0.2) is 38.1 Å². The summed E-state index contributed by atoms with van der Waals surface area (Å²) in [6.07, 6.45) is 8.51. The Bertz CT molecular complexity index is 1210. The van der Waals surface area contributed by atoms with Crippen LogP contribution < -0.4 is 10.1 Å². The molecule has 0 fully saturated rings. The minimum atomic E-state index is 0.422. The number of ether oxygens (including phenoxy) is 1. The van der Waals surface area contributed by atoms with Crippen molar-refractivity contribution in [2.24, 2.45) is 0 Å². The van der Waals surface area contributed by atoms with Gasteiger partial charge in [-0.05, 0) is 31.0 Å². The van der Waals surface area contributed by atoms with E-state index in [0.717, 1.165) is 29.4 Å². The van der Waals surface area contributed by atoms with Crippen LogP contribution in [0.15, 0.2) is 43.0 Å². The van der Waals surface area contributed by atoms with Crippen LogP contribution in [0.25, 0.3) is 33.3 Å². The van der Waals surface area contributed by atoms with Crippen molar-refractivity contribution in [1.29, 1.82) is 0 Å². The molecule has 0 spiro atoms. The molecule has 10 heteroatoms. The predicted octanol–water partition coefficient (Wildman–Crippen LogP) is 6.64. The summed E-state index contributed by atoms with van der Waals surface area (Å²) in [6.45, 7) is 5.58. The number of benzene rings is 1. The van der Waals surface area contributed by atoms with Crippen LogP contribution in [0.1, 0.15) is 26.7 Å². The average Bonchev–Trinajstić information content (AvgIpc) is 3.30. The van der Waals surface area contributed by atoms with Crippen LogP contribution in [0.5, 0.6) is 5.75 Å². The number of nitrogens with one attached hydrogen (secondary N) is 1. The first-order valence-corrected chi connectivity index (χ1v) is 12.1. The van der Waals surface area contributed by atoms with E-state index in [1.165, 1.54) is 11.3 Å². The van der Waals surface area contributed by atoms with Gasteiger partial charge < -0.3 is 10.1 Å². The van der Waals surface area contributed by atoms with Crippen molar-refractivity contribution in [1.82, 2.24) is 24.9 Å². The molecule has 0 saturated heterocycles. The Labute approximate surface area is 206 Å². The van der Waals surface area contributed by atoms with E-state index in [1.807, 2.05) is 13.0 Å². The highest BCUT2D eigenvalue weighted by atomic mass is 35.5. The number of thiazole rings is 1. The van der Waals surface area contributed by atoms with E-state index in [-0.39, 0.29) is 0 Å². The highest BCUT2D eigenvalue weighted by Crippen LogP contribution is 2.39. The molecule has 4 aromatic rings. The normalized spacial score (nSPS) is 10.9. The van der Waals surface area contributed by atoms with E-state index in [0.29, 0.717) is 50.9 Å². The molecule has 4 rings (SSSR count). The molecule has 0 saturated carbocycles. The monoisotopic (exact) mass is 500 g/mol. The third-order valence-corrected chi connectivity index (χ3v) is 6.12. The Morgan fingerprint density at radius 2 is 1.70 bits per heavy atom. The van der Waals surface area contributed by atoms with Crippen molar-refractivity contribution in [3.8, 4) is 39.1 Å².